The molecule has 0 amide bonds. The Morgan fingerprint density at radius 3 is 2.52 bits per heavy atom. The average molecular weight is 379 g/mol. The van der Waals surface area contributed by atoms with E-state index in [4.69, 9.17) is 11.6 Å². The molecule has 2 heterocycles. The minimum atomic E-state index is -0.335. The summed E-state index contributed by atoms with van der Waals surface area (Å²) in [6.45, 7) is 0.412. The summed E-state index contributed by atoms with van der Waals surface area (Å²) >= 11 is 6.38. The Bertz CT molecular complexity index is 1200. The minimum absolute atomic E-state index is 0.266. The van der Waals surface area contributed by atoms with Gasteiger partial charge in [-0.25, -0.2) is 0 Å². The zero-order valence-corrected chi connectivity index (χ0v) is 14.9. The van der Waals surface area contributed by atoms with E-state index in [0.717, 1.165) is 5.56 Å². The topological polar surface area (TPSA) is 75.4 Å². The van der Waals surface area contributed by atoms with Crippen LogP contribution in [-0.4, -0.2) is 19.8 Å². The second kappa shape index (κ2) is 6.78. The van der Waals surface area contributed by atoms with E-state index in [1.165, 1.54) is 18.2 Å². The zero-order valence-electron chi connectivity index (χ0n) is 14.1. The maximum atomic E-state index is 12.7. The molecule has 0 saturated carbocycles. The summed E-state index contributed by atoms with van der Waals surface area (Å²) in [4.78, 5) is 16.8. The molecule has 4 aromatic rings. The largest absolute Gasteiger partial charge is 0.504 e. The van der Waals surface area contributed by atoms with E-state index in [1.807, 2.05) is 34.9 Å². The van der Waals surface area contributed by atoms with E-state index in [0.29, 0.717) is 33.7 Å². The van der Waals surface area contributed by atoms with Crippen LogP contribution in [0.5, 0.6) is 11.5 Å². The molecule has 2 aromatic heterocycles. The highest BCUT2D eigenvalue weighted by molar-refractivity contribution is 6.33. The van der Waals surface area contributed by atoms with E-state index in [1.54, 1.807) is 18.5 Å². The molecule has 5 nitrogen and oxygen atoms in total. The van der Waals surface area contributed by atoms with Crippen LogP contribution in [0.2, 0.25) is 5.02 Å². The Morgan fingerprint density at radius 2 is 1.78 bits per heavy atom. The predicted molar refractivity (Wildman–Crippen MR) is 105 cm³/mol. The Kier molecular flexibility index (Phi) is 4.30. The first kappa shape index (κ1) is 17.1. The van der Waals surface area contributed by atoms with Crippen molar-refractivity contribution in [3.8, 4) is 22.8 Å². The molecule has 4 rings (SSSR count). The lowest BCUT2D eigenvalue weighted by Gasteiger charge is -2.18. The van der Waals surface area contributed by atoms with Gasteiger partial charge in [0, 0.05) is 47.0 Å². The van der Waals surface area contributed by atoms with Crippen molar-refractivity contribution in [2.45, 2.75) is 6.54 Å². The normalized spacial score (nSPS) is 11.0. The first-order chi connectivity index (χ1) is 13.0. The molecule has 0 fully saturated rings. The first-order valence-corrected chi connectivity index (χ1v) is 8.66. The number of benzene rings is 2. The van der Waals surface area contributed by atoms with Gasteiger partial charge in [0.15, 0.2) is 16.9 Å². The van der Waals surface area contributed by atoms with Crippen LogP contribution < -0.4 is 5.43 Å². The molecule has 2 aromatic carbocycles. The molecular weight excluding hydrogens is 364 g/mol. The van der Waals surface area contributed by atoms with Crippen LogP contribution in [0, 0.1) is 0 Å². The van der Waals surface area contributed by atoms with Crippen molar-refractivity contribution < 1.29 is 10.2 Å². The molecule has 6 heteroatoms. The second-order valence-electron chi connectivity index (χ2n) is 6.18. The fourth-order valence-corrected chi connectivity index (χ4v) is 3.37. The van der Waals surface area contributed by atoms with E-state index < -0.39 is 0 Å². The lowest BCUT2D eigenvalue weighted by atomic mass is 10.1. The van der Waals surface area contributed by atoms with Gasteiger partial charge in [-0.15, -0.1) is 0 Å². The number of rotatable bonds is 3. The number of phenols is 2. The van der Waals surface area contributed by atoms with Gasteiger partial charge in [-0.3, -0.25) is 9.78 Å². The van der Waals surface area contributed by atoms with Gasteiger partial charge >= 0.3 is 0 Å². The molecule has 0 aliphatic rings. The van der Waals surface area contributed by atoms with Crippen LogP contribution >= 0.6 is 11.6 Å². The second-order valence-corrected chi connectivity index (χ2v) is 6.59. The van der Waals surface area contributed by atoms with E-state index >= 15 is 0 Å². The molecule has 0 unspecified atom stereocenters. The van der Waals surface area contributed by atoms with Gasteiger partial charge in [0.2, 0.25) is 0 Å². The van der Waals surface area contributed by atoms with Crippen molar-refractivity contribution in [2.24, 2.45) is 0 Å². The molecule has 0 radical (unpaired) electrons. The summed E-state index contributed by atoms with van der Waals surface area (Å²) < 4.78 is 1.88. The lowest BCUT2D eigenvalue weighted by molar-refractivity contribution is 0.404. The Labute approximate surface area is 159 Å². The molecule has 134 valence electrons. The quantitative estimate of drug-likeness (QED) is 0.524. The average Bonchev–Trinajstić information content (AvgIpc) is 2.67. The summed E-state index contributed by atoms with van der Waals surface area (Å²) in [6, 6.07) is 15.2. The standard InChI is InChI=1S/C21H15ClN2O3/c22-16-6-2-1-5-14(16)17-9-19(25)15-8-20(26)21(27)10-18(15)24(17)12-13-4-3-7-23-11-13/h1-11,26-27H,12H2. The van der Waals surface area contributed by atoms with Crippen LogP contribution in [0.3, 0.4) is 0 Å². The molecule has 0 bridgehead atoms. The molecule has 0 aliphatic carbocycles. The smallest absolute Gasteiger partial charge is 0.190 e. The summed E-state index contributed by atoms with van der Waals surface area (Å²) in [7, 11) is 0. The number of fused-ring (bicyclic) bond motifs is 1. The van der Waals surface area contributed by atoms with Gasteiger partial charge in [0.05, 0.1) is 11.2 Å². The van der Waals surface area contributed by atoms with Crippen LogP contribution in [0.1, 0.15) is 5.56 Å². The van der Waals surface area contributed by atoms with Gasteiger partial charge in [-0.05, 0) is 23.8 Å². The van der Waals surface area contributed by atoms with E-state index in [-0.39, 0.29) is 16.9 Å². The summed E-state index contributed by atoms with van der Waals surface area (Å²) in [5, 5.41) is 20.7. The minimum Gasteiger partial charge on any atom is -0.504 e. The molecule has 0 atom stereocenters. The monoisotopic (exact) mass is 378 g/mol. The van der Waals surface area contributed by atoms with Gasteiger partial charge in [0.1, 0.15) is 0 Å². The Balaban J connectivity index is 2.07. The Hall–Kier alpha value is -3.31. The SMILES string of the molecule is O=c1cc(-c2ccccc2Cl)n(Cc2cccnc2)c2cc(O)c(O)cc12. The zero-order chi connectivity index (χ0) is 19.0. The van der Waals surface area contributed by atoms with Gasteiger partial charge in [0.25, 0.3) is 0 Å². The maximum absolute atomic E-state index is 12.7. The predicted octanol–water partition coefficient (Wildman–Crippen LogP) is 4.18. The fourth-order valence-electron chi connectivity index (χ4n) is 3.13. The first-order valence-electron chi connectivity index (χ1n) is 8.28. The van der Waals surface area contributed by atoms with E-state index in [2.05, 4.69) is 4.98 Å². The third-order valence-corrected chi connectivity index (χ3v) is 4.75. The third kappa shape index (κ3) is 3.13. The molecule has 0 spiro atoms. The highest BCUT2D eigenvalue weighted by atomic mass is 35.5. The molecule has 2 N–H and O–H groups in total. The number of phenolic OH excluding ortho intramolecular Hbond substituents is 2. The summed E-state index contributed by atoms with van der Waals surface area (Å²) in [6.07, 6.45) is 3.42. The van der Waals surface area contributed by atoms with Gasteiger partial charge in [-0.2, -0.15) is 0 Å². The Morgan fingerprint density at radius 1 is 1.00 bits per heavy atom. The van der Waals surface area contributed by atoms with Gasteiger partial charge < -0.3 is 14.8 Å². The molecule has 0 saturated heterocycles. The van der Waals surface area contributed by atoms with Crippen molar-refractivity contribution >= 4 is 22.5 Å². The van der Waals surface area contributed by atoms with Crippen molar-refractivity contribution in [2.75, 3.05) is 0 Å². The third-order valence-electron chi connectivity index (χ3n) is 4.42. The summed E-state index contributed by atoms with van der Waals surface area (Å²) in [5.74, 6) is -0.629. The molecular formula is C21H15ClN2O3. The van der Waals surface area contributed by atoms with Crippen molar-refractivity contribution in [3.63, 3.8) is 0 Å². The van der Waals surface area contributed by atoms with Crippen molar-refractivity contribution in [1.82, 2.24) is 9.55 Å². The van der Waals surface area contributed by atoms with Crippen LogP contribution in [-0.2, 0) is 6.54 Å². The number of hydrogen-bond donors (Lipinski definition) is 2. The lowest BCUT2D eigenvalue weighted by Crippen LogP contribution is -2.13. The van der Waals surface area contributed by atoms with Crippen LogP contribution in [0.25, 0.3) is 22.2 Å². The number of pyridine rings is 2. The summed E-state index contributed by atoms with van der Waals surface area (Å²) in [5.41, 5.74) is 2.47. The van der Waals surface area contributed by atoms with Gasteiger partial charge in [-0.1, -0.05) is 35.9 Å². The molecule has 27 heavy (non-hydrogen) atoms. The van der Waals surface area contributed by atoms with Crippen LogP contribution in [0.15, 0.2) is 71.8 Å². The molecule has 0 aliphatic heterocycles. The fraction of sp³-hybridized carbons (Fsp3) is 0.0476. The number of hydrogen-bond acceptors (Lipinski definition) is 4. The highest BCUT2D eigenvalue weighted by Crippen LogP contribution is 2.33. The number of halogens is 1. The number of aromatic nitrogens is 2. The number of nitrogens with zero attached hydrogens (tertiary/aromatic N) is 2. The van der Waals surface area contributed by atoms with Crippen LogP contribution in [0.4, 0.5) is 0 Å². The highest BCUT2D eigenvalue weighted by Gasteiger charge is 2.16. The maximum Gasteiger partial charge on any atom is 0.190 e. The van der Waals surface area contributed by atoms with Crippen molar-refractivity contribution in [1.29, 1.82) is 0 Å². The van der Waals surface area contributed by atoms with Crippen molar-refractivity contribution in [3.05, 3.63) is 87.8 Å². The number of aromatic hydroxyl groups is 2. The van der Waals surface area contributed by atoms with E-state index in [9.17, 15) is 15.0 Å².